The van der Waals surface area contributed by atoms with Gasteiger partial charge in [-0.15, -0.1) is 0 Å². The number of piperidine rings is 1. The van der Waals surface area contributed by atoms with E-state index < -0.39 is 22.1 Å². The second kappa shape index (κ2) is 13.4. The van der Waals surface area contributed by atoms with E-state index in [0.29, 0.717) is 44.7 Å². The number of likely N-dealkylation sites (tertiary alicyclic amines) is 1. The summed E-state index contributed by atoms with van der Waals surface area (Å²) in [4.78, 5) is 28.0. The van der Waals surface area contributed by atoms with Crippen molar-refractivity contribution in [2.24, 2.45) is 0 Å². The Balaban J connectivity index is 1.15. The first kappa shape index (κ1) is 32.6. The Morgan fingerprint density at radius 1 is 1.07 bits per heavy atom. The molecule has 1 saturated heterocycles. The molecule has 2 aromatic carbocycles. The number of imidazole rings is 1. The molecule has 2 aromatic heterocycles. The third-order valence-corrected chi connectivity index (χ3v) is 10.7. The molecule has 46 heavy (non-hydrogen) atoms. The average Bonchev–Trinajstić information content (AvgIpc) is 3.51. The van der Waals surface area contributed by atoms with E-state index in [4.69, 9.17) is 9.84 Å². The van der Waals surface area contributed by atoms with Gasteiger partial charge in [0, 0.05) is 66.5 Å². The van der Waals surface area contributed by atoms with Gasteiger partial charge in [-0.05, 0) is 44.0 Å². The summed E-state index contributed by atoms with van der Waals surface area (Å²) in [5.41, 5.74) is 4.75. The first-order valence-corrected chi connectivity index (χ1v) is 18.2. The van der Waals surface area contributed by atoms with Crippen molar-refractivity contribution in [3.05, 3.63) is 74.7 Å². The highest BCUT2D eigenvalue weighted by atomic mass is 79.9. The van der Waals surface area contributed by atoms with E-state index in [1.807, 2.05) is 57.8 Å². The van der Waals surface area contributed by atoms with Crippen molar-refractivity contribution in [3.63, 3.8) is 0 Å². The molecule has 246 valence electrons. The summed E-state index contributed by atoms with van der Waals surface area (Å²) in [7, 11) is -3.36. The van der Waals surface area contributed by atoms with Crippen LogP contribution in [0.15, 0.2) is 57.8 Å². The average molecular weight is 716 g/mol. The molecule has 4 aromatic rings. The number of ether oxygens (including phenoxy) is 1. The number of hydrogen-bond acceptors (Lipinski definition) is 8. The van der Waals surface area contributed by atoms with Crippen LogP contribution >= 0.6 is 15.9 Å². The van der Waals surface area contributed by atoms with Gasteiger partial charge in [-0.3, -0.25) is 18.6 Å². The zero-order valence-electron chi connectivity index (χ0n) is 26.0. The topological polar surface area (TPSA) is 132 Å². The molecule has 1 unspecified atom stereocenters. The maximum absolute atomic E-state index is 13.5. The number of para-hydroxylation sites is 2. The molecule has 0 aliphatic carbocycles. The van der Waals surface area contributed by atoms with E-state index in [9.17, 15) is 23.1 Å². The molecule has 0 saturated carbocycles. The number of nitrogens with zero attached hydrogens (tertiary/aromatic N) is 6. The van der Waals surface area contributed by atoms with E-state index in [-0.39, 0.29) is 31.4 Å². The van der Waals surface area contributed by atoms with Crippen LogP contribution in [0.5, 0.6) is 0 Å². The number of hydrogen-bond donors (Lipinski definition) is 1. The minimum Gasteiger partial charge on any atom is -0.465 e. The molecule has 0 amide bonds. The van der Waals surface area contributed by atoms with Gasteiger partial charge in [0.25, 0.3) is 0 Å². The predicted molar refractivity (Wildman–Crippen MR) is 178 cm³/mol. The second-order valence-electron chi connectivity index (χ2n) is 12.0. The molecule has 1 fully saturated rings. The van der Waals surface area contributed by atoms with E-state index in [2.05, 4.69) is 20.8 Å². The third-order valence-electron chi connectivity index (χ3n) is 8.92. The van der Waals surface area contributed by atoms with Crippen molar-refractivity contribution >= 4 is 43.0 Å². The molecule has 4 heterocycles. The molecule has 1 atom stereocenters. The number of sulfonamides is 1. The number of aliphatic hydroxyl groups excluding tert-OH is 1. The number of benzene rings is 2. The molecule has 0 radical (unpaired) electrons. The first-order valence-electron chi connectivity index (χ1n) is 15.6. The van der Waals surface area contributed by atoms with E-state index in [1.165, 1.54) is 15.1 Å². The number of aromatic nitrogens is 4. The first-order chi connectivity index (χ1) is 22.0. The number of esters is 1. The van der Waals surface area contributed by atoms with Crippen LogP contribution in [0.4, 0.5) is 0 Å². The summed E-state index contributed by atoms with van der Waals surface area (Å²) in [5, 5.41) is 16.1. The van der Waals surface area contributed by atoms with E-state index >= 15 is 0 Å². The number of carbonyl (C=O) groups excluding carboxylic acids is 1. The second-order valence-corrected chi connectivity index (χ2v) is 14.9. The lowest BCUT2D eigenvalue weighted by Crippen LogP contribution is -2.42. The Morgan fingerprint density at radius 2 is 1.76 bits per heavy atom. The Bertz CT molecular complexity index is 1890. The minimum absolute atomic E-state index is 0.0290. The molecule has 6 rings (SSSR count). The van der Waals surface area contributed by atoms with E-state index in [1.54, 1.807) is 6.92 Å². The standard InChI is InChI=1S/C32H39BrN6O6S/c1-3-45-30(41)21-37-28-6-4-5-7-29(28)39(32(37)42)24-12-15-35(16-13-24)18-25(40)19-38-27-14-17-36(46(2,43)44)20-26(27)31(34-38)22-8-10-23(33)11-9-22/h4-11,24-25,40H,3,12-21H2,1-2H3. The summed E-state index contributed by atoms with van der Waals surface area (Å²) < 4.78 is 37.4. The fourth-order valence-electron chi connectivity index (χ4n) is 6.73. The lowest BCUT2D eigenvalue weighted by atomic mass is 10.0. The Hall–Kier alpha value is -3.30. The van der Waals surface area contributed by atoms with Gasteiger partial charge in [0.05, 0.1) is 42.2 Å². The van der Waals surface area contributed by atoms with Crippen LogP contribution in [0.25, 0.3) is 22.3 Å². The van der Waals surface area contributed by atoms with Crippen LogP contribution in [-0.4, -0.2) is 92.8 Å². The number of aliphatic hydroxyl groups is 1. The van der Waals surface area contributed by atoms with Crippen LogP contribution < -0.4 is 5.69 Å². The van der Waals surface area contributed by atoms with Gasteiger partial charge in [-0.1, -0.05) is 40.2 Å². The normalized spacial score (nSPS) is 17.3. The molecule has 0 bridgehead atoms. The van der Waals surface area contributed by atoms with Crippen LogP contribution in [0.2, 0.25) is 0 Å². The van der Waals surface area contributed by atoms with Crippen molar-refractivity contribution in [3.8, 4) is 11.3 Å². The van der Waals surface area contributed by atoms with Gasteiger partial charge in [-0.2, -0.15) is 9.40 Å². The van der Waals surface area contributed by atoms with Gasteiger partial charge in [-0.25, -0.2) is 13.2 Å². The van der Waals surface area contributed by atoms with Crippen molar-refractivity contribution < 1.29 is 23.1 Å². The monoisotopic (exact) mass is 714 g/mol. The Morgan fingerprint density at radius 3 is 2.43 bits per heavy atom. The predicted octanol–water partition coefficient (Wildman–Crippen LogP) is 3.01. The SMILES string of the molecule is CCOC(=O)Cn1c(=O)n(C2CCN(CC(O)Cn3nc(-c4ccc(Br)cc4)c4c3CCN(S(C)(=O)=O)C4)CC2)c2ccccc21. The van der Waals surface area contributed by atoms with Crippen LogP contribution in [0.3, 0.4) is 0 Å². The molecule has 2 aliphatic rings. The largest absolute Gasteiger partial charge is 0.465 e. The number of rotatable bonds is 10. The van der Waals surface area contributed by atoms with Crippen molar-refractivity contribution in [2.45, 2.75) is 58.0 Å². The molecule has 0 spiro atoms. The smallest absolute Gasteiger partial charge is 0.329 e. The Labute approximate surface area is 276 Å². The summed E-state index contributed by atoms with van der Waals surface area (Å²) in [6, 6.07) is 15.3. The Kier molecular flexibility index (Phi) is 9.53. The van der Waals surface area contributed by atoms with Crippen LogP contribution in [-0.2, 0) is 45.6 Å². The molecule has 14 heteroatoms. The molecule has 1 N–H and O–H groups in total. The van der Waals surface area contributed by atoms with Gasteiger partial charge in [0.2, 0.25) is 10.0 Å². The quantitative estimate of drug-likeness (QED) is 0.248. The zero-order chi connectivity index (χ0) is 32.6. The summed E-state index contributed by atoms with van der Waals surface area (Å²) >= 11 is 3.47. The molecular weight excluding hydrogens is 676 g/mol. The van der Waals surface area contributed by atoms with Crippen molar-refractivity contribution in [1.82, 2.24) is 28.1 Å². The maximum atomic E-state index is 13.5. The van der Waals surface area contributed by atoms with E-state index in [0.717, 1.165) is 45.3 Å². The fourth-order valence-corrected chi connectivity index (χ4v) is 7.78. The lowest BCUT2D eigenvalue weighted by Gasteiger charge is -2.33. The minimum atomic E-state index is -3.36. The summed E-state index contributed by atoms with van der Waals surface area (Å²) in [5.74, 6) is -0.438. The van der Waals surface area contributed by atoms with Gasteiger partial charge < -0.3 is 14.7 Å². The maximum Gasteiger partial charge on any atom is 0.329 e. The molecular formula is C32H39BrN6O6S. The number of carbonyl (C=O) groups is 1. The highest BCUT2D eigenvalue weighted by molar-refractivity contribution is 9.10. The fraction of sp³-hybridized carbons (Fsp3) is 0.469. The van der Waals surface area contributed by atoms with Gasteiger partial charge >= 0.3 is 11.7 Å². The molecule has 2 aliphatic heterocycles. The zero-order valence-corrected chi connectivity index (χ0v) is 28.4. The highest BCUT2D eigenvalue weighted by Gasteiger charge is 2.31. The number of β-amino-alcohol motifs (C(OH)–C–C–N with tert-alkyl or cyclic N) is 1. The molecule has 12 nitrogen and oxygen atoms in total. The highest BCUT2D eigenvalue weighted by Crippen LogP contribution is 2.32. The summed E-state index contributed by atoms with van der Waals surface area (Å²) in [6.45, 7) is 4.64. The van der Waals surface area contributed by atoms with Crippen molar-refractivity contribution in [2.75, 3.05) is 39.0 Å². The van der Waals surface area contributed by atoms with Gasteiger partial charge in [0.1, 0.15) is 6.54 Å². The van der Waals surface area contributed by atoms with Crippen LogP contribution in [0.1, 0.15) is 37.1 Å². The van der Waals surface area contributed by atoms with Crippen molar-refractivity contribution in [1.29, 1.82) is 0 Å². The van der Waals surface area contributed by atoms with Gasteiger partial charge in [0.15, 0.2) is 0 Å². The number of fused-ring (bicyclic) bond motifs is 2. The third kappa shape index (κ3) is 6.72. The number of halogens is 1. The van der Waals surface area contributed by atoms with Crippen LogP contribution in [0, 0.1) is 0 Å². The summed E-state index contributed by atoms with van der Waals surface area (Å²) in [6.07, 6.45) is 2.51. The lowest BCUT2D eigenvalue weighted by molar-refractivity contribution is -0.143.